The number of anilines is 1. The highest BCUT2D eigenvalue weighted by molar-refractivity contribution is 6.26. The average Bonchev–Trinajstić information content (AvgIpc) is 2.54. The molecule has 0 radical (unpaired) electrons. The Labute approximate surface area is 121 Å². The van der Waals surface area contributed by atoms with Gasteiger partial charge in [-0.05, 0) is 18.2 Å². The highest BCUT2D eigenvalue weighted by Gasteiger charge is 2.50. The predicted molar refractivity (Wildman–Crippen MR) is 75.6 cm³/mol. The van der Waals surface area contributed by atoms with Crippen LogP contribution in [-0.2, 0) is 15.3 Å². The monoisotopic (exact) mass is 283 g/mol. The molecule has 2 aromatic rings. The van der Waals surface area contributed by atoms with Crippen molar-refractivity contribution in [3.8, 4) is 0 Å². The molecule has 3 rings (SSSR count). The van der Waals surface area contributed by atoms with Crippen molar-refractivity contribution in [1.29, 1.82) is 0 Å². The molecule has 1 heterocycles. The molecular weight excluding hydrogens is 270 g/mol. The van der Waals surface area contributed by atoms with Gasteiger partial charge in [-0.2, -0.15) is 0 Å². The number of amides is 2. The third-order valence-electron chi connectivity index (χ3n) is 3.53. The number of carbonyl (C=O) groups is 2. The van der Waals surface area contributed by atoms with Crippen LogP contribution in [0.4, 0.5) is 5.69 Å². The molecule has 0 saturated heterocycles. The van der Waals surface area contributed by atoms with E-state index in [4.69, 9.17) is 4.74 Å². The first-order valence-electron chi connectivity index (χ1n) is 6.40. The molecule has 0 saturated carbocycles. The van der Waals surface area contributed by atoms with Crippen LogP contribution in [0.15, 0.2) is 54.6 Å². The second-order valence-electron chi connectivity index (χ2n) is 4.67. The van der Waals surface area contributed by atoms with E-state index in [0.717, 1.165) is 4.90 Å². The molecule has 1 atom stereocenters. The van der Waals surface area contributed by atoms with Crippen LogP contribution in [0.2, 0.25) is 0 Å². The van der Waals surface area contributed by atoms with Gasteiger partial charge in [-0.15, -0.1) is 0 Å². The van der Waals surface area contributed by atoms with Gasteiger partial charge in [-0.1, -0.05) is 36.4 Å². The highest BCUT2D eigenvalue weighted by atomic mass is 16.6. The molecule has 5 heteroatoms. The zero-order valence-corrected chi connectivity index (χ0v) is 11.3. The Morgan fingerprint density at radius 2 is 1.62 bits per heavy atom. The summed E-state index contributed by atoms with van der Waals surface area (Å²) in [5, 5.41) is 10.6. The van der Waals surface area contributed by atoms with Crippen LogP contribution in [0, 0.1) is 0 Å². The second-order valence-corrected chi connectivity index (χ2v) is 4.67. The molecule has 0 spiro atoms. The molecule has 1 unspecified atom stereocenters. The van der Waals surface area contributed by atoms with Crippen molar-refractivity contribution in [1.82, 2.24) is 0 Å². The van der Waals surface area contributed by atoms with Crippen molar-refractivity contribution in [2.75, 3.05) is 12.0 Å². The smallest absolute Gasteiger partial charge is 0.299 e. The lowest BCUT2D eigenvalue weighted by atomic mass is 9.92. The van der Waals surface area contributed by atoms with Crippen molar-refractivity contribution in [3.63, 3.8) is 0 Å². The maximum Gasteiger partial charge on any atom is 0.299 e. The number of carbonyl (C=O) groups excluding carboxylic acids is 2. The third kappa shape index (κ3) is 1.86. The van der Waals surface area contributed by atoms with Gasteiger partial charge in [0.2, 0.25) is 0 Å². The topological polar surface area (TPSA) is 66.8 Å². The van der Waals surface area contributed by atoms with E-state index in [1.54, 1.807) is 48.5 Å². The second kappa shape index (κ2) is 4.80. The molecule has 0 bridgehead atoms. The maximum absolute atomic E-state index is 12.6. The van der Waals surface area contributed by atoms with Crippen LogP contribution in [0.3, 0.4) is 0 Å². The van der Waals surface area contributed by atoms with Gasteiger partial charge in [0.25, 0.3) is 17.6 Å². The van der Waals surface area contributed by atoms with Crippen LogP contribution in [0.5, 0.6) is 0 Å². The number of hydrogen-bond donors (Lipinski definition) is 1. The summed E-state index contributed by atoms with van der Waals surface area (Å²) >= 11 is 0. The van der Waals surface area contributed by atoms with Crippen molar-refractivity contribution >= 4 is 17.5 Å². The van der Waals surface area contributed by atoms with Gasteiger partial charge < -0.3 is 9.84 Å². The Bertz CT molecular complexity index is 713. The molecule has 1 N–H and O–H groups in total. The molecule has 1 aliphatic rings. The number of hydrogen-bond acceptors (Lipinski definition) is 4. The number of benzene rings is 2. The Morgan fingerprint density at radius 1 is 1.00 bits per heavy atom. The van der Waals surface area contributed by atoms with E-state index in [9.17, 15) is 14.7 Å². The molecular formula is C16H13NO4. The lowest BCUT2D eigenvalue weighted by molar-refractivity contribution is -0.200. The first kappa shape index (κ1) is 13.5. The Hall–Kier alpha value is -2.50. The van der Waals surface area contributed by atoms with Gasteiger partial charge in [-0.3, -0.25) is 9.59 Å². The standard InChI is InChI=1S/C16H13NO4/c1-21-16(20)13-10-6-5-9-12(13)14(18)17(15(16)19)11-7-3-2-4-8-11/h2-10,20H,1H3. The van der Waals surface area contributed by atoms with Crippen LogP contribution < -0.4 is 4.90 Å². The van der Waals surface area contributed by atoms with E-state index in [0.29, 0.717) is 5.69 Å². The van der Waals surface area contributed by atoms with Crippen molar-refractivity contribution in [2.24, 2.45) is 0 Å². The number of methoxy groups -OCH3 is 1. The highest BCUT2D eigenvalue weighted by Crippen LogP contribution is 2.35. The first-order chi connectivity index (χ1) is 10.1. The van der Waals surface area contributed by atoms with Gasteiger partial charge in [0.05, 0.1) is 5.69 Å². The third-order valence-corrected chi connectivity index (χ3v) is 3.53. The van der Waals surface area contributed by atoms with Gasteiger partial charge in [0, 0.05) is 18.2 Å². The minimum Gasteiger partial charge on any atom is -0.354 e. The molecule has 0 fully saturated rings. The van der Waals surface area contributed by atoms with Crippen LogP contribution in [-0.4, -0.2) is 24.0 Å². The number of ether oxygens (including phenoxy) is 1. The van der Waals surface area contributed by atoms with E-state index in [2.05, 4.69) is 0 Å². The lowest BCUT2D eigenvalue weighted by Gasteiger charge is -2.36. The summed E-state index contributed by atoms with van der Waals surface area (Å²) in [7, 11) is 1.23. The van der Waals surface area contributed by atoms with Crippen LogP contribution in [0.25, 0.3) is 0 Å². The minimum atomic E-state index is -2.17. The number of aliphatic hydroxyl groups is 1. The SMILES string of the molecule is COC1(O)C(=O)N(c2ccccc2)C(=O)c2ccccc21. The molecule has 5 nitrogen and oxygen atoms in total. The fourth-order valence-corrected chi connectivity index (χ4v) is 2.45. The Balaban J connectivity index is 2.23. The van der Waals surface area contributed by atoms with Gasteiger partial charge in [0.15, 0.2) is 0 Å². The summed E-state index contributed by atoms with van der Waals surface area (Å²) < 4.78 is 5.03. The number of para-hydroxylation sites is 1. The minimum absolute atomic E-state index is 0.162. The van der Waals surface area contributed by atoms with Crippen molar-refractivity contribution in [3.05, 3.63) is 65.7 Å². The fourth-order valence-electron chi connectivity index (χ4n) is 2.45. The summed E-state index contributed by atoms with van der Waals surface area (Å²) in [5.74, 6) is -3.47. The fraction of sp³-hybridized carbons (Fsp3) is 0.125. The quantitative estimate of drug-likeness (QED) is 0.672. The Morgan fingerprint density at radius 3 is 2.29 bits per heavy atom. The van der Waals surface area contributed by atoms with E-state index in [-0.39, 0.29) is 11.1 Å². The zero-order valence-electron chi connectivity index (χ0n) is 11.3. The number of fused-ring (bicyclic) bond motifs is 1. The average molecular weight is 283 g/mol. The Kier molecular flexibility index (Phi) is 3.08. The molecule has 2 aromatic carbocycles. The van der Waals surface area contributed by atoms with Crippen LogP contribution in [0.1, 0.15) is 15.9 Å². The van der Waals surface area contributed by atoms with Crippen molar-refractivity contribution in [2.45, 2.75) is 5.79 Å². The molecule has 21 heavy (non-hydrogen) atoms. The predicted octanol–water partition coefficient (Wildman–Crippen LogP) is 1.67. The molecule has 2 amide bonds. The molecule has 1 aliphatic heterocycles. The van der Waals surface area contributed by atoms with E-state index < -0.39 is 17.6 Å². The summed E-state index contributed by atoms with van der Waals surface area (Å²) in [6.45, 7) is 0. The van der Waals surface area contributed by atoms with Gasteiger partial charge in [-0.25, -0.2) is 4.90 Å². The van der Waals surface area contributed by atoms with Gasteiger partial charge >= 0.3 is 0 Å². The van der Waals surface area contributed by atoms with Gasteiger partial charge in [0.1, 0.15) is 0 Å². The maximum atomic E-state index is 12.6. The summed E-state index contributed by atoms with van der Waals surface area (Å²) in [6.07, 6.45) is 0. The summed E-state index contributed by atoms with van der Waals surface area (Å²) in [4.78, 5) is 26.1. The van der Waals surface area contributed by atoms with E-state index in [1.165, 1.54) is 13.2 Å². The first-order valence-corrected chi connectivity index (χ1v) is 6.40. The lowest BCUT2D eigenvalue weighted by Crippen LogP contribution is -2.55. The summed E-state index contributed by atoms with van der Waals surface area (Å²) in [5.41, 5.74) is 0.789. The number of imide groups is 1. The zero-order chi connectivity index (χ0) is 15.0. The molecule has 106 valence electrons. The van der Waals surface area contributed by atoms with E-state index >= 15 is 0 Å². The number of nitrogens with zero attached hydrogens (tertiary/aromatic N) is 1. The van der Waals surface area contributed by atoms with Crippen LogP contribution >= 0.6 is 0 Å². The molecule has 0 aromatic heterocycles. The molecule has 0 aliphatic carbocycles. The van der Waals surface area contributed by atoms with Crippen molar-refractivity contribution < 1.29 is 19.4 Å². The normalized spacial score (nSPS) is 21.3. The number of rotatable bonds is 2. The summed E-state index contributed by atoms with van der Waals surface area (Å²) in [6, 6.07) is 14.8. The van der Waals surface area contributed by atoms with E-state index in [1.807, 2.05) is 0 Å². The largest absolute Gasteiger partial charge is 0.354 e.